The number of hydrogen-bond acceptors (Lipinski definition) is 7. The van der Waals surface area contributed by atoms with Crippen LogP contribution in [-0.4, -0.2) is 21.3 Å². The van der Waals surface area contributed by atoms with Gasteiger partial charge in [0, 0.05) is 10.5 Å². The van der Waals surface area contributed by atoms with Gasteiger partial charge in [-0.2, -0.15) is 9.97 Å². The van der Waals surface area contributed by atoms with Crippen molar-refractivity contribution in [1.82, 2.24) is 15.0 Å². The second-order valence-electron chi connectivity index (χ2n) is 7.15. The molecule has 33 heavy (non-hydrogen) atoms. The molecule has 0 saturated carbocycles. The summed E-state index contributed by atoms with van der Waals surface area (Å²) < 4.78 is 47.2. The summed E-state index contributed by atoms with van der Waals surface area (Å²) in [6.45, 7) is 0.937. The molecule has 168 valence electrons. The molecule has 0 aliphatic carbocycles. The normalized spacial score (nSPS) is 13.3. The summed E-state index contributed by atoms with van der Waals surface area (Å²) in [6, 6.07) is 13.2. The lowest BCUT2D eigenvalue weighted by molar-refractivity contribution is -0.274. The van der Waals surface area contributed by atoms with Crippen molar-refractivity contribution >= 4 is 40.1 Å². The third-order valence-electron chi connectivity index (χ3n) is 4.90. The van der Waals surface area contributed by atoms with Gasteiger partial charge in [-0.25, -0.2) is 4.98 Å². The Balaban J connectivity index is 1.56. The molecule has 0 unspecified atom stereocenters. The highest BCUT2D eigenvalue weighted by atomic mass is 35.5. The molecule has 2 heterocycles. The highest BCUT2D eigenvalue weighted by molar-refractivity contribution is 7.99. The molecule has 1 aromatic heterocycles. The van der Waals surface area contributed by atoms with E-state index in [0.29, 0.717) is 28.7 Å². The number of nitrogens with two attached hydrogens (primary N) is 1. The summed E-state index contributed by atoms with van der Waals surface area (Å²) in [7, 11) is 0. The van der Waals surface area contributed by atoms with Gasteiger partial charge in [0.1, 0.15) is 5.75 Å². The lowest BCUT2D eigenvalue weighted by atomic mass is 9.94. The van der Waals surface area contributed by atoms with Gasteiger partial charge < -0.3 is 15.2 Å². The van der Waals surface area contributed by atoms with Crippen molar-refractivity contribution in [2.45, 2.75) is 29.6 Å². The zero-order valence-corrected chi connectivity index (χ0v) is 18.3. The van der Waals surface area contributed by atoms with E-state index >= 15 is 0 Å². The highest BCUT2D eigenvalue weighted by Crippen LogP contribution is 2.40. The van der Waals surface area contributed by atoms with Crippen LogP contribution in [0.3, 0.4) is 0 Å². The van der Waals surface area contributed by atoms with E-state index < -0.39 is 6.36 Å². The van der Waals surface area contributed by atoms with Gasteiger partial charge in [-0.05, 0) is 57.9 Å². The molecule has 1 aliphatic heterocycles. The van der Waals surface area contributed by atoms with Crippen molar-refractivity contribution in [3.8, 4) is 17.1 Å². The first kappa shape index (κ1) is 21.7. The molecule has 6 nitrogen and oxygen atoms in total. The number of ether oxygens (including phenoxy) is 2. The van der Waals surface area contributed by atoms with Crippen LogP contribution in [0.2, 0.25) is 5.02 Å². The molecule has 11 heteroatoms. The van der Waals surface area contributed by atoms with Crippen molar-refractivity contribution in [3.63, 3.8) is 0 Å². The van der Waals surface area contributed by atoms with E-state index in [9.17, 15) is 13.2 Å². The van der Waals surface area contributed by atoms with Gasteiger partial charge >= 0.3 is 6.36 Å². The third kappa shape index (κ3) is 4.54. The summed E-state index contributed by atoms with van der Waals surface area (Å²) in [5.74, 6) is -0.110. The van der Waals surface area contributed by atoms with Crippen molar-refractivity contribution < 1.29 is 22.6 Å². The number of nitrogens with zero attached hydrogens (tertiary/aromatic N) is 3. The minimum Gasteiger partial charge on any atom is -0.406 e. The van der Waals surface area contributed by atoms with Crippen LogP contribution in [0.5, 0.6) is 5.75 Å². The zero-order valence-electron chi connectivity index (χ0n) is 16.7. The number of rotatable bonds is 4. The van der Waals surface area contributed by atoms with E-state index in [1.807, 2.05) is 24.3 Å². The number of anilines is 1. The Labute approximate surface area is 194 Å². The number of alkyl halides is 3. The summed E-state index contributed by atoms with van der Waals surface area (Å²) in [5.41, 5.74) is 8.55. The maximum absolute atomic E-state index is 12.5. The Hall–Kier alpha value is -3.08. The quantitative estimate of drug-likeness (QED) is 0.375. The monoisotopic (exact) mass is 490 g/mol. The van der Waals surface area contributed by atoms with Crippen molar-refractivity contribution in [1.29, 1.82) is 0 Å². The van der Waals surface area contributed by atoms with Crippen molar-refractivity contribution in [3.05, 3.63) is 64.7 Å². The Morgan fingerprint density at radius 3 is 2.61 bits per heavy atom. The zero-order chi connectivity index (χ0) is 23.2. The van der Waals surface area contributed by atoms with Crippen molar-refractivity contribution in [2.75, 3.05) is 5.73 Å². The summed E-state index contributed by atoms with van der Waals surface area (Å²) in [6.07, 6.45) is -4.79. The predicted octanol–water partition coefficient (Wildman–Crippen LogP) is 6.01. The van der Waals surface area contributed by atoms with E-state index in [4.69, 9.17) is 22.1 Å². The lowest BCUT2D eigenvalue weighted by Gasteiger charge is -2.20. The van der Waals surface area contributed by atoms with Crippen LogP contribution in [0.25, 0.3) is 22.2 Å². The van der Waals surface area contributed by atoms with E-state index in [0.717, 1.165) is 33.7 Å². The number of hydrogen-bond donors (Lipinski definition) is 1. The molecule has 2 N–H and O–H groups in total. The maximum Gasteiger partial charge on any atom is 0.573 e. The van der Waals surface area contributed by atoms with Gasteiger partial charge in [-0.3, -0.25) is 0 Å². The molecule has 1 aliphatic rings. The fraction of sp³-hybridized carbons (Fsp3) is 0.136. The van der Waals surface area contributed by atoms with Gasteiger partial charge in [-0.1, -0.05) is 35.9 Å². The number of aromatic nitrogens is 3. The van der Waals surface area contributed by atoms with Crippen molar-refractivity contribution in [2.24, 2.45) is 0 Å². The number of halogens is 4. The van der Waals surface area contributed by atoms with Crippen LogP contribution in [0, 0.1) is 0 Å². The second kappa shape index (κ2) is 8.36. The first-order valence-corrected chi connectivity index (χ1v) is 10.8. The molecule has 5 rings (SSSR count). The van der Waals surface area contributed by atoms with Crippen LogP contribution in [0.15, 0.2) is 58.6 Å². The maximum atomic E-state index is 12.5. The molecule has 4 aromatic rings. The van der Waals surface area contributed by atoms with Crippen LogP contribution in [-0.2, 0) is 18.0 Å². The predicted molar refractivity (Wildman–Crippen MR) is 118 cm³/mol. The van der Waals surface area contributed by atoms with Gasteiger partial charge in [0.15, 0.2) is 11.0 Å². The fourth-order valence-electron chi connectivity index (χ4n) is 3.72. The Kier molecular flexibility index (Phi) is 5.51. The summed E-state index contributed by atoms with van der Waals surface area (Å²) in [4.78, 5) is 13.3. The SMILES string of the molecule is Nc1nc(Sc2cccc(OC(F)(F)F)c2)nc(-c2c(Cl)cc3c4c(cccc24)COC3)n1. The molecular formula is C22H14ClF3N4O2S. The van der Waals surface area contributed by atoms with Gasteiger partial charge in [0.25, 0.3) is 0 Å². The van der Waals surface area contributed by atoms with E-state index in [1.54, 1.807) is 6.07 Å². The molecule has 0 amide bonds. The molecule has 0 atom stereocenters. The molecule has 0 fully saturated rings. The number of benzene rings is 3. The molecule has 3 aromatic carbocycles. The number of nitrogen functional groups attached to an aromatic ring is 1. The Bertz CT molecular complexity index is 1380. The van der Waals surface area contributed by atoms with Gasteiger partial charge in [-0.15, -0.1) is 13.2 Å². The summed E-state index contributed by atoms with van der Waals surface area (Å²) in [5, 5.41) is 2.54. The smallest absolute Gasteiger partial charge is 0.406 e. The molecule has 0 spiro atoms. The second-order valence-corrected chi connectivity index (χ2v) is 8.60. The first-order chi connectivity index (χ1) is 15.8. The summed E-state index contributed by atoms with van der Waals surface area (Å²) >= 11 is 7.65. The van der Waals surface area contributed by atoms with E-state index in [1.165, 1.54) is 18.2 Å². The van der Waals surface area contributed by atoms with E-state index in [-0.39, 0.29) is 22.7 Å². The molecule has 0 saturated heterocycles. The highest BCUT2D eigenvalue weighted by Gasteiger charge is 2.31. The third-order valence-corrected chi connectivity index (χ3v) is 6.05. The Morgan fingerprint density at radius 2 is 1.79 bits per heavy atom. The van der Waals surface area contributed by atoms with E-state index in [2.05, 4.69) is 19.7 Å². The minimum absolute atomic E-state index is 0.0370. The van der Waals surface area contributed by atoms with Gasteiger partial charge in [0.05, 0.1) is 18.2 Å². The molecular weight excluding hydrogens is 477 g/mol. The van der Waals surface area contributed by atoms with Crippen LogP contribution >= 0.6 is 23.4 Å². The van der Waals surface area contributed by atoms with Gasteiger partial charge in [0.2, 0.25) is 5.95 Å². The van der Waals surface area contributed by atoms with Crippen LogP contribution in [0.4, 0.5) is 19.1 Å². The minimum atomic E-state index is -4.79. The molecule has 0 bridgehead atoms. The van der Waals surface area contributed by atoms with Crippen LogP contribution in [0.1, 0.15) is 11.1 Å². The first-order valence-electron chi connectivity index (χ1n) is 9.63. The lowest BCUT2D eigenvalue weighted by Crippen LogP contribution is -2.17. The van der Waals surface area contributed by atoms with Crippen LogP contribution < -0.4 is 10.5 Å². The Morgan fingerprint density at radius 1 is 1.00 bits per heavy atom. The largest absolute Gasteiger partial charge is 0.573 e. The average Bonchev–Trinajstić information content (AvgIpc) is 2.72. The molecule has 0 radical (unpaired) electrons. The fourth-order valence-corrected chi connectivity index (χ4v) is 4.84. The topological polar surface area (TPSA) is 83.2 Å². The average molecular weight is 491 g/mol. The standard InChI is InChI=1S/C22H14ClF3N4O2S/c23-16-7-12-10-31-9-11-3-1-6-15(17(11)12)18(16)19-28-20(27)30-21(29-19)33-14-5-2-4-13(8-14)32-22(24,25)26/h1-8H,9-10H2,(H2,27,28,29,30).